The quantitative estimate of drug-likeness (QED) is 0.349. The van der Waals surface area contributed by atoms with E-state index in [0.29, 0.717) is 16.9 Å². The van der Waals surface area contributed by atoms with E-state index in [1.54, 1.807) is 6.92 Å². The molecule has 3 heteroatoms. The van der Waals surface area contributed by atoms with Crippen molar-refractivity contribution in [2.45, 2.75) is 6.92 Å². The number of hydrogen-bond acceptors (Lipinski definition) is 1. The molecular formula is C6H6Cl2O. The highest BCUT2D eigenvalue weighted by Gasteiger charge is 1.97. The van der Waals surface area contributed by atoms with Gasteiger partial charge < -0.3 is 0 Å². The highest BCUT2D eigenvalue weighted by Crippen LogP contribution is 2.16. The molecule has 0 spiro atoms. The van der Waals surface area contributed by atoms with Crippen molar-refractivity contribution in [3.8, 4) is 0 Å². The average Bonchev–Trinajstić information content (AvgIpc) is 1.84. The highest BCUT2D eigenvalue weighted by molar-refractivity contribution is 6.41. The Morgan fingerprint density at radius 2 is 2.00 bits per heavy atom. The first-order valence-corrected chi connectivity index (χ1v) is 3.01. The van der Waals surface area contributed by atoms with Crippen molar-refractivity contribution in [2.24, 2.45) is 0 Å². The summed E-state index contributed by atoms with van der Waals surface area (Å²) >= 11 is 10.8. The minimum absolute atomic E-state index is 0.106. The van der Waals surface area contributed by atoms with Crippen molar-refractivity contribution in [3.05, 3.63) is 22.2 Å². The average molecular weight is 165 g/mol. The molecule has 0 radical (unpaired) electrons. The number of halogens is 2. The van der Waals surface area contributed by atoms with E-state index >= 15 is 0 Å². The molecule has 0 saturated carbocycles. The Bertz CT molecular complexity index is 170. The lowest BCUT2D eigenvalue weighted by Gasteiger charge is -1.94. The molecular weight excluding hydrogens is 159 g/mol. The van der Waals surface area contributed by atoms with Gasteiger partial charge in [0.05, 0.1) is 5.03 Å². The number of carbonyl (C=O) groups is 1. The van der Waals surface area contributed by atoms with Crippen LogP contribution in [0.5, 0.6) is 0 Å². The maximum atomic E-state index is 9.96. The summed E-state index contributed by atoms with van der Waals surface area (Å²) in [6, 6.07) is 0. The first-order valence-electron chi connectivity index (χ1n) is 2.26. The molecule has 0 unspecified atom stereocenters. The number of allylic oxidation sites excluding steroid dienone is 3. The molecule has 0 aromatic heterocycles. The largest absolute Gasteiger partial charge is 0.297 e. The van der Waals surface area contributed by atoms with Gasteiger partial charge in [-0.25, -0.2) is 0 Å². The first-order chi connectivity index (χ1) is 4.09. The lowest BCUT2D eigenvalue weighted by atomic mass is 10.3. The minimum atomic E-state index is 0.106. The van der Waals surface area contributed by atoms with Crippen LogP contribution in [0.3, 0.4) is 0 Å². The van der Waals surface area contributed by atoms with Gasteiger partial charge in [-0.2, -0.15) is 0 Å². The molecule has 0 aliphatic carbocycles. The summed E-state index contributed by atoms with van der Waals surface area (Å²) in [5.74, 6) is 0. The van der Waals surface area contributed by atoms with Crippen LogP contribution in [-0.4, -0.2) is 6.29 Å². The number of hydrogen-bond donors (Lipinski definition) is 0. The van der Waals surface area contributed by atoms with Crippen molar-refractivity contribution in [3.63, 3.8) is 0 Å². The molecule has 0 heterocycles. The fraction of sp³-hybridized carbons (Fsp3) is 0.167. The van der Waals surface area contributed by atoms with Gasteiger partial charge in [-0.3, -0.25) is 4.79 Å². The molecule has 9 heavy (non-hydrogen) atoms. The molecule has 0 atom stereocenters. The van der Waals surface area contributed by atoms with Gasteiger partial charge >= 0.3 is 0 Å². The second-order valence-corrected chi connectivity index (χ2v) is 2.36. The third kappa shape index (κ3) is 2.68. The molecule has 1 nitrogen and oxygen atoms in total. The second-order valence-electron chi connectivity index (χ2n) is 1.50. The van der Waals surface area contributed by atoms with Crippen LogP contribution in [0.1, 0.15) is 6.92 Å². The van der Waals surface area contributed by atoms with Crippen LogP contribution in [0.2, 0.25) is 0 Å². The molecule has 0 aromatic carbocycles. The van der Waals surface area contributed by atoms with Gasteiger partial charge in [0.2, 0.25) is 0 Å². The van der Waals surface area contributed by atoms with Crippen molar-refractivity contribution in [1.29, 1.82) is 0 Å². The molecule has 0 aliphatic rings. The third-order valence-electron chi connectivity index (χ3n) is 0.869. The van der Waals surface area contributed by atoms with Crippen LogP contribution in [-0.2, 0) is 4.79 Å². The van der Waals surface area contributed by atoms with E-state index in [2.05, 4.69) is 6.58 Å². The first kappa shape index (κ1) is 8.73. The molecule has 0 fully saturated rings. The Kier molecular flexibility index (Phi) is 3.59. The van der Waals surface area contributed by atoms with Crippen molar-refractivity contribution in [1.82, 2.24) is 0 Å². The summed E-state index contributed by atoms with van der Waals surface area (Å²) in [7, 11) is 0. The number of aldehydes is 1. The number of rotatable bonds is 2. The van der Waals surface area contributed by atoms with Crippen LogP contribution < -0.4 is 0 Å². The summed E-state index contributed by atoms with van der Waals surface area (Å²) in [6.45, 7) is 5.02. The zero-order chi connectivity index (χ0) is 7.44. The van der Waals surface area contributed by atoms with Gasteiger partial charge in [-0.15, -0.1) is 0 Å². The van der Waals surface area contributed by atoms with Crippen LogP contribution in [0, 0.1) is 0 Å². The normalized spacial score (nSPS) is 12.3. The van der Waals surface area contributed by atoms with Gasteiger partial charge in [0.15, 0.2) is 6.29 Å². The molecule has 0 N–H and O–H groups in total. The van der Waals surface area contributed by atoms with Crippen LogP contribution in [0.4, 0.5) is 0 Å². The zero-order valence-electron chi connectivity index (χ0n) is 4.95. The fourth-order valence-electron chi connectivity index (χ4n) is 0.218. The SMILES string of the molecule is C=C(Cl)/C(C)=C(/Cl)C=O. The Morgan fingerprint density at radius 1 is 1.56 bits per heavy atom. The predicted octanol–water partition coefficient (Wildman–Crippen LogP) is 2.45. The van der Waals surface area contributed by atoms with E-state index in [9.17, 15) is 4.79 Å². The van der Waals surface area contributed by atoms with E-state index in [-0.39, 0.29) is 5.03 Å². The molecule has 0 amide bonds. The van der Waals surface area contributed by atoms with Gasteiger partial charge in [0.1, 0.15) is 0 Å². The smallest absolute Gasteiger partial charge is 0.161 e. The lowest BCUT2D eigenvalue weighted by Crippen LogP contribution is -1.80. The Hall–Kier alpha value is -0.270. The van der Waals surface area contributed by atoms with Gasteiger partial charge in [0.25, 0.3) is 0 Å². The molecule has 50 valence electrons. The zero-order valence-corrected chi connectivity index (χ0v) is 6.46. The van der Waals surface area contributed by atoms with Gasteiger partial charge in [0, 0.05) is 5.03 Å². The standard InChI is InChI=1S/C6H6Cl2O/c1-4(5(2)7)6(8)3-9/h3H,2H2,1H3/b6-4+. The Balaban J connectivity index is 4.47. The maximum Gasteiger partial charge on any atom is 0.161 e. The fourth-order valence-corrected chi connectivity index (χ4v) is 0.482. The summed E-state index contributed by atoms with van der Waals surface area (Å²) in [5, 5.41) is 0.405. The topological polar surface area (TPSA) is 17.1 Å². The van der Waals surface area contributed by atoms with E-state index in [4.69, 9.17) is 23.2 Å². The monoisotopic (exact) mass is 164 g/mol. The summed E-state index contributed by atoms with van der Waals surface area (Å²) in [6.07, 6.45) is 0.532. The van der Waals surface area contributed by atoms with Crippen molar-refractivity contribution >= 4 is 29.5 Å². The van der Waals surface area contributed by atoms with Gasteiger partial charge in [-0.1, -0.05) is 29.8 Å². The Labute approximate surface area is 64.0 Å². The van der Waals surface area contributed by atoms with E-state index < -0.39 is 0 Å². The highest BCUT2D eigenvalue weighted by atomic mass is 35.5. The predicted molar refractivity (Wildman–Crippen MR) is 39.6 cm³/mol. The van der Waals surface area contributed by atoms with Crippen molar-refractivity contribution in [2.75, 3.05) is 0 Å². The van der Waals surface area contributed by atoms with Crippen molar-refractivity contribution < 1.29 is 4.79 Å². The Morgan fingerprint density at radius 3 is 2.11 bits per heavy atom. The van der Waals surface area contributed by atoms with E-state index in [1.807, 2.05) is 0 Å². The second kappa shape index (κ2) is 3.70. The molecule has 0 aliphatic heterocycles. The summed E-state index contributed by atoms with van der Waals surface area (Å²) in [5.41, 5.74) is 0.522. The lowest BCUT2D eigenvalue weighted by molar-refractivity contribution is -0.104. The van der Waals surface area contributed by atoms with E-state index in [1.165, 1.54) is 0 Å². The molecule has 0 rings (SSSR count). The third-order valence-corrected chi connectivity index (χ3v) is 1.52. The molecule has 0 aromatic rings. The summed E-state index contributed by atoms with van der Waals surface area (Å²) in [4.78, 5) is 9.96. The van der Waals surface area contributed by atoms with Crippen LogP contribution >= 0.6 is 23.2 Å². The van der Waals surface area contributed by atoms with E-state index in [0.717, 1.165) is 0 Å². The van der Waals surface area contributed by atoms with Crippen LogP contribution in [0.25, 0.3) is 0 Å². The molecule has 0 saturated heterocycles. The van der Waals surface area contributed by atoms with Crippen LogP contribution in [0.15, 0.2) is 22.2 Å². The van der Waals surface area contributed by atoms with Gasteiger partial charge in [-0.05, 0) is 12.5 Å². The summed E-state index contributed by atoms with van der Waals surface area (Å²) < 4.78 is 0. The minimum Gasteiger partial charge on any atom is -0.297 e. The molecule has 0 bridgehead atoms. The number of carbonyl (C=O) groups excluding carboxylic acids is 1. The maximum absolute atomic E-state index is 9.96.